The first kappa shape index (κ1) is 15.5. The van der Waals surface area contributed by atoms with Gasteiger partial charge in [-0.25, -0.2) is 0 Å². The number of carbonyl (C=O) groups excluding carboxylic acids is 1. The van der Waals surface area contributed by atoms with E-state index in [0.29, 0.717) is 18.4 Å². The van der Waals surface area contributed by atoms with Crippen molar-refractivity contribution >= 4 is 5.91 Å². The number of rotatable bonds is 5. The molecule has 1 aromatic carbocycles. The number of aliphatic hydroxyl groups is 1. The highest BCUT2D eigenvalue weighted by Gasteiger charge is 2.38. The summed E-state index contributed by atoms with van der Waals surface area (Å²) in [6.45, 7) is 2.15. The zero-order chi connectivity index (χ0) is 15.3. The Morgan fingerprint density at radius 1 is 1.48 bits per heavy atom. The van der Waals surface area contributed by atoms with Crippen LogP contribution in [0.25, 0.3) is 0 Å². The summed E-state index contributed by atoms with van der Waals surface area (Å²) in [5.74, 6) is 0.0333. The van der Waals surface area contributed by atoms with Crippen molar-refractivity contribution in [3.63, 3.8) is 0 Å². The number of hydrogen-bond acceptors (Lipinski definition) is 3. The number of hydrogen-bond donors (Lipinski definition) is 2. The lowest BCUT2D eigenvalue weighted by Gasteiger charge is -2.30. The molecular formula is C17H22N2O2. The fourth-order valence-corrected chi connectivity index (χ4v) is 2.94. The van der Waals surface area contributed by atoms with E-state index < -0.39 is 0 Å². The Hall–Kier alpha value is -1.86. The molecule has 2 N–H and O–H groups in total. The molecule has 0 aliphatic heterocycles. The number of nitrogens with zero attached hydrogens (tertiary/aromatic N) is 1. The highest BCUT2D eigenvalue weighted by atomic mass is 16.3. The molecule has 21 heavy (non-hydrogen) atoms. The number of aliphatic hydroxyl groups excluding tert-OH is 1. The average molecular weight is 286 g/mol. The molecule has 2 atom stereocenters. The van der Waals surface area contributed by atoms with E-state index in [2.05, 4.69) is 11.4 Å². The second-order valence-corrected chi connectivity index (χ2v) is 6.13. The fourth-order valence-electron chi connectivity index (χ4n) is 2.94. The second kappa shape index (κ2) is 6.73. The van der Waals surface area contributed by atoms with Crippen LogP contribution in [0.5, 0.6) is 0 Å². The Balaban J connectivity index is 1.83. The van der Waals surface area contributed by atoms with Gasteiger partial charge in [-0.1, -0.05) is 25.5 Å². The number of aryl methyl sites for hydroxylation is 1. The van der Waals surface area contributed by atoms with Gasteiger partial charge in [0.25, 0.3) is 0 Å². The smallest absolute Gasteiger partial charge is 0.220 e. The van der Waals surface area contributed by atoms with E-state index in [1.807, 2.05) is 19.1 Å². The van der Waals surface area contributed by atoms with Crippen LogP contribution in [-0.2, 0) is 11.2 Å². The summed E-state index contributed by atoms with van der Waals surface area (Å²) in [5, 5.41) is 21.3. The monoisotopic (exact) mass is 286 g/mol. The first-order chi connectivity index (χ1) is 10.1. The van der Waals surface area contributed by atoms with Gasteiger partial charge in [-0.15, -0.1) is 0 Å². The van der Waals surface area contributed by atoms with Gasteiger partial charge in [0.1, 0.15) is 0 Å². The normalized spacial score (nSPS) is 24.5. The lowest BCUT2D eigenvalue weighted by atomic mass is 9.85. The summed E-state index contributed by atoms with van der Waals surface area (Å²) in [4.78, 5) is 12.1. The Kier molecular flexibility index (Phi) is 4.98. The van der Waals surface area contributed by atoms with Crippen LogP contribution < -0.4 is 5.32 Å². The predicted molar refractivity (Wildman–Crippen MR) is 80.5 cm³/mol. The standard InChI is InChI=1S/C17H22N2O2/c1-17(12-20)10-2-3-15(17)19-16(21)9-8-13-4-6-14(11-18)7-5-13/h4-7,15,20H,2-3,8-10,12H2,1H3,(H,19,21). The van der Waals surface area contributed by atoms with Crippen LogP contribution in [0.15, 0.2) is 24.3 Å². The maximum Gasteiger partial charge on any atom is 0.220 e. The van der Waals surface area contributed by atoms with Gasteiger partial charge in [0.2, 0.25) is 5.91 Å². The maximum absolute atomic E-state index is 12.1. The summed E-state index contributed by atoms with van der Waals surface area (Å²) < 4.78 is 0. The summed E-state index contributed by atoms with van der Waals surface area (Å²) in [6.07, 6.45) is 4.06. The number of nitriles is 1. The topological polar surface area (TPSA) is 73.1 Å². The van der Waals surface area contributed by atoms with E-state index in [9.17, 15) is 9.90 Å². The van der Waals surface area contributed by atoms with Gasteiger partial charge < -0.3 is 10.4 Å². The number of carbonyl (C=O) groups is 1. The molecule has 0 spiro atoms. The van der Waals surface area contributed by atoms with Gasteiger partial charge >= 0.3 is 0 Å². The molecule has 0 bridgehead atoms. The van der Waals surface area contributed by atoms with Crippen LogP contribution >= 0.6 is 0 Å². The first-order valence-electron chi connectivity index (χ1n) is 7.47. The lowest BCUT2D eigenvalue weighted by molar-refractivity contribution is -0.122. The minimum Gasteiger partial charge on any atom is -0.396 e. The van der Waals surface area contributed by atoms with Gasteiger partial charge in [0, 0.05) is 17.9 Å². The Morgan fingerprint density at radius 3 is 2.81 bits per heavy atom. The molecular weight excluding hydrogens is 264 g/mol. The first-order valence-corrected chi connectivity index (χ1v) is 7.47. The summed E-state index contributed by atoms with van der Waals surface area (Å²) >= 11 is 0. The number of amides is 1. The van der Waals surface area contributed by atoms with E-state index in [0.717, 1.165) is 24.8 Å². The van der Waals surface area contributed by atoms with Crippen LogP contribution in [0.3, 0.4) is 0 Å². The van der Waals surface area contributed by atoms with Gasteiger partial charge in [0.15, 0.2) is 0 Å². The molecule has 0 saturated heterocycles. The molecule has 1 amide bonds. The van der Waals surface area contributed by atoms with Gasteiger partial charge in [0.05, 0.1) is 18.2 Å². The van der Waals surface area contributed by atoms with Crippen LogP contribution in [0.2, 0.25) is 0 Å². The molecule has 4 nitrogen and oxygen atoms in total. The molecule has 112 valence electrons. The van der Waals surface area contributed by atoms with E-state index in [1.165, 1.54) is 0 Å². The Bertz CT molecular complexity index is 533. The van der Waals surface area contributed by atoms with Gasteiger partial charge in [-0.05, 0) is 37.0 Å². The van der Waals surface area contributed by atoms with Crippen molar-refractivity contribution < 1.29 is 9.90 Å². The van der Waals surface area contributed by atoms with Gasteiger partial charge in [-0.2, -0.15) is 5.26 Å². The zero-order valence-corrected chi connectivity index (χ0v) is 12.4. The van der Waals surface area contributed by atoms with Crippen LogP contribution in [-0.4, -0.2) is 23.7 Å². The van der Waals surface area contributed by atoms with Crippen molar-refractivity contribution in [1.29, 1.82) is 5.26 Å². The van der Waals surface area contributed by atoms with Crippen LogP contribution in [0, 0.1) is 16.7 Å². The molecule has 1 aliphatic rings. The molecule has 0 radical (unpaired) electrons. The largest absolute Gasteiger partial charge is 0.396 e. The maximum atomic E-state index is 12.1. The molecule has 1 fully saturated rings. The quantitative estimate of drug-likeness (QED) is 0.871. The number of benzene rings is 1. The molecule has 2 rings (SSSR count). The summed E-state index contributed by atoms with van der Waals surface area (Å²) in [5.41, 5.74) is 1.51. The lowest BCUT2D eigenvalue weighted by Crippen LogP contribution is -2.44. The Labute approximate surface area is 125 Å². The molecule has 2 unspecified atom stereocenters. The highest BCUT2D eigenvalue weighted by molar-refractivity contribution is 5.76. The minimum absolute atomic E-state index is 0.0333. The van der Waals surface area contributed by atoms with E-state index >= 15 is 0 Å². The third kappa shape index (κ3) is 3.83. The predicted octanol–water partition coefficient (Wildman–Crippen LogP) is 2.16. The number of nitrogens with one attached hydrogen (secondary N) is 1. The van der Waals surface area contributed by atoms with E-state index in [4.69, 9.17) is 5.26 Å². The molecule has 1 saturated carbocycles. The van der Waals surface area contributed by atoms with Crippen molar-refractivity contribution in [3.8, 4) is 6.07 Å². The minimum atomic E-state index is -0.176. The van der Waals surface area contributed by atoms with Crippen molar-refractivity contribution in [2.45, 2.75) is 45.1 Å². The third-order valence-corrected chi connectivity index (χ3v) is 4.50. The van der Waals surface area contributed by atoms with Crippen molar-refractivity contribution in [2.24, 2.45) is 5.41 Å². The van der Waals surface area contributed by atoms with E-state index in [1.54, 1.807) is 12.1 Å². The molecule has 1 aliphatic carbocycles. The molecule has 0 heterocycles. The summed E-state index contributed by atoms with van der Waals surface area (Å²) in [7, 11) is 0. The fraction of sp³-hybridized carbons (Fsp3) is 0.529. The van der Waals surface area contributed by atoms with Gasteiger partial charge in [-0.3, -0.25) is 4.79 Å². The van der Waals surface area contributed by atoms with E-state index in [-0.39, 0.29) is 24.0 Å². The van der Waals surface area contributed by atoms with Crippen LogP contribution in [0.4, 0.5) is 0 Å². The zero-order valence-electron chi connectivity index (χ0n) is 12.4. The molecule has 0 aromatic heterocycles. The third-order valence-electron chi connectivity index (χ3n) is 4.50. The van der Waals surface area contributed by atoms with Crippen molar-refractivity contribution in [1.82, 2.24) is 5.32 Å². The Morgan fingerprint density at radius 2 is 2.19 bits per heavy atom. The average Bonchev–Trinajstić information content (AvgIpc) is 2.87. The van der Waals surface area contributed by atoms with Crippen LogP contribution in [0.1, 0.15) is 43.7 Å². The second-order valence-electron chi connectivity index (χ2n) is 6.13. The van der Waals surface area contributed by atoms with Crippen molar-refractivity contribution in [2.75, 3.05) is 6.61 Å². The highest BCUT2D eigenvalue weighted by Crippen LogP contribution is 2.37. The molecule has 4 heteroatoms. The van der Waals surface area contributed by atoms with Crippen molar-refractivity contribution in [3.05, 3.63) is 35.4 Å². The SMILES string of the molecule is CC1(CO)CCCC1NC(=O)CCc1ccc(C#N)cc1. The summed E-state index contributed by atoms with van der Waals surface area (Å²) in [6, 6.07) is 9.48. The molecule has 1 aromatic rings.